The van der Waals surface area contributed by atoms with Gasteiger partial charge in [0.05, 0.1) is 18.1 Å². The molecule has 0 bridgehead atoms. The molecule has 0 radical (unpaired) electrons. The fraction of sp³-hybridized carbons (Fsp3) is 0.682. The number of hydrogen-bond acceptors (Lipinski definition) is 5. The first-order valence-corrected chi connectivity index (χ1v) is 10.8. The number of ether oxygens (including phenoxy) is 1. The SMILES string of the molecule is CC(C)(C)NC(=O)OCC1(c2cn3ncc(CC4(N)CC4)cc3n2)CCC(F)(F)CC1. The van der Waals surface area contributed by atoms with E-state index < -0.39 is 23.0 Å². The van der Waals surface area contributed by atoms with Crippen LogP contribution in [0.4, 0.5) is 13.6 Å². The molecule has 2 aliphatic rings. The second-order valence-corrected chi connectivity index (χ2v) is 10.4. The second kappa shape index (κ2) is 7.39. The zero-order valence-electron chi connectivity index (χ0n) is 18.4. The number of carbonyl (C=O) groups excluding carboxylic acids is 1. The summed E-state index contributed by atoms with van der Waals surface area (Å²) in [6.07, 6.45) is 5.57. The lowest BCUT2D eigenvalue weighted by Crippen LogP contribution is -2.45. The molecular formula is C22H31F2N5O2. The number of alkyl carbamates (subject to hydrolysis) is 1. The van der Waals surface area contributed by atoms with Gasteiger partial charge in [-0.1, -0.05) is 0 Å². The zero-order chi connectivity index (χ0) is 22.5. The van der Waals surface area contributed by atoms with E-state index in [1.165, 1.54) is 0 Å². The van der Waals surface area contributed by atoms with E-state index in [4.69, 9.17) is 15.5 Å². The summed E-state index contributed by atoms with van der Waals surface area (Å²) in [6, 6.07) is 1.95. The Labute approximate surface area is 180 Å². The number of nitrogens with two attached hydrogens (primary N) is 1. The van der Waals surface area contributed by atoms with Gasteiger partial charge < -0.3 is 15.8 Å². The Morgan fingerprint density at radius 3 is 2.52 bits per heavy atom. The molecule has 170 valence electrons. The van der Waals surface area contributed by atoms with E-state index in [2.05, 4.69) is 10.4 Å². The number of nitrogens with zero attached hydrogens (tertiary/aromatic N) is 3. The number of alkyl halides is 2. The van der Waals surface area contributed by atoms with Gasteiger partial charge in [-0.3, -0.25) is 0 Å². The highest BCUT2D eigenvalue weighted by Gasteiger charge is 2.47. The van der Waals surface area contributed by atoms with Crippen LogP contribution in [0.25, 0.3) is 5.65 Å². The summed E-state index contributed by atoms with van der Waals surface area (Å²) in [5.74, 6) is -2.71. The van der Waals surface area contributed by atoms with E-state index in [9.17, 15) is 13.6 Å². The highest BCUT2D eigenvalue weighted by molar-refractivity contribution is 5.68. The van der Waals surface area contributed by atoms with Crippen LogP contribution in [-0.2, 0) is 16.6 Å². The molecule has 9 heteroatoms. The van der Waals surface area contributed by atoms with E-state index in [1.54, 1.807) is 16.9 Å². The molecule has 0 aliphatic heterocycles. The lowest BCUT2D eigenvalue weighted by molar-refractivity contribution is -0.0605. The van der Waals surface area contributed by atoms with Crippen molar-refractivity contribution in [1.82, 2.24) is 19.9 Å². The Kier molecular flexibility index (Phi) is 5.23. The minimum atomic E-state index is -2.71. The summed E-state index contributed by atoms with van der Waals surface area (Å²) in [5.41, 5.74) is 7.15. The summed E-state index contributed by atoms with van der Waals surface area (Å²) >= 11 is 0. The Bertz CT molecular complexity index is 968. The minimum Gasteiger partial charge on any atom is -0.449 e. The Hall–Kier alpha value is -2.29. The van der Waals surface area contributed by atoms with Crippen molar-refractivity contribution in [3.63, 3.8) is 0 Å². The van der Waals surface area contributed by atoms with E-state index in [-0.39, 0.29) is 37.8 Å². The van der Waals surface area contributed by atoms with Gasteiger partial charge in [-0.05, 0) is 64.5 Å². The lowest BCUT2D eigenvalue weighted by Gasteiger charge is -2.38. The molecule has 0 atom stereocenters. The number of hydrogen-bond donors (Lipinski definition) is 2. The van der Waals surface area contributed by atoms with Gasteiger partial charge in [-0.25, -0.2) is 23.1 Å². The average molecular weight is 436 g/mol. The maximum Gasteiger partial charge on any atom is 0.407 e. The maximum absolute atomic E-state index is 13.9. The maximum atomic E-state index is 13.9. The lowest BCUT2D eigenvalue weighted by atomic mass is 9.71. The summed E-state index contributed by atoms with van der Waals surface area (Å²) in [4.78, 5) is 16.9. The van der Waals surface area contributed by atoms with Gasteiger partial charge in [-0.15, -0.1) is 0 Å². The van der Waals surface area contributed by atoms with Crippen LogP contribution >= 0.6 is 0 Å². The Morgan fingerprint density at radius 1 is 1.23 bits per heavy atom. The van der Waals surface area contributed by atoms with Gasteiger partial charge in [0.15, 0.2) is 5.65 Å². The first-order chi connectivity index (χ1) is 14.4. The van der Waals surface area contributed by atoms with Crippen LogP contribution in [0.3, 0.4) is 0 Å². The molecule has 7 nitrogen and oxygen atoms in total. The number of carbonyl (C=O) groups is 1. The van der Waals surface area contributed by atoms with Gasteiger partial charge in [0.25, 0.3) is 0 Å². The highest BCUT2D eigenvalue weighted by atomic mass is 19.3. The second-order valence-electron chi connectivity index (χ2n) is 10.4. The quantitative estimate of drug-likeness (QED) is 0.746. The number of rotatable bonds is 5. The van der Waals surface area contributed by atoms with Crippen LogP contribution in [0, 0.1) is 0 Å². The van der Waals surface area contributed by atoms with E-state index in [0.29, 0.717) is 11.3 Å². The fourth-order valence-electron chi connectivity index (χ4n) is 4.13. The van der Waals surface area contributed by atoms with Crippen molar-refractivity contribution in [1.29, 1.82) is 0 Å². The molecule has 2 fully saturated rings. The smallest absolute Gasteiger partial charge is 0.407 e. The third-order valence-corrected chi connectivity index (χ3v) is 6.26. The average Bonchev–Trinajstić information content (AvgIpc) is 3.22. The van der Waals surface area contributed by atoms with Crippen molar-refractivity contribution < 1.29 is 18.3 Å². The van der Waals surface area contributed by atoms with E-state index in [0.717, 1.165) is 24.8 Å². The molecule has 2 aliphatic carbocycles. The molecule has 1 amide bonds. The normalized spacial score (nSPS) is 21.6. The van der Waals surface area contributed by atoms with Crippen LogP contribution in [0.5, 0.6) is 0 Å². The van der Waals surface area contributed by atoms with Gasteiger partial charge >= 0.3 is 6.09 Å². The van der Waals surface area contributed by atoms with Gasteiger partial charge in [0, 0.05) is 29.3 Å². The molecule has 0 saturated heterocycles. The predicted molar refractivity (Wildman–Crippen MR) is 112 cm³/mol. The molecule has 2 saturated carbocycles. The number of fused-ring (bicyclic) bond motifs is 1. The molecule has 0 unspecified atom stereocenters. The minimum absolute atomic E-state index is 0.00631. The van der Waals surface area contributed by atoms with Crippen LogP contribution in [0.2, 0.25) is 0 Å². The van der Waals surface area contributed by atoms with Crippen molar-refractivity contribution in [2.24, 2.45) is 5.73 Å². The number of halogens is 2. The number of amides is 1. The molecule has 2 aromatic heterocycles. The third kappa shape index (κ3) is 5.14. The molecule has 0 spiro atoms. The molecule has 3 N–H and O–H groups in total. The molecular weight excluding hydrogens is 404 g/mol. The largest absolute Gasteiger partial charge is 0.449 e. The summed E-state index contributed by atoms with van der Waals surface area (Å²) in [5, 5.41) is 7.19. The van der Waals surface area contributed by atoms with Crippen LogP contribution < -0.4 is 11.1 Å². The van der Waals surface area contributed by atoms with Crippen molar-refractivity contribution >= 4 is 11.7 Å². The van der Waals surface area contributed by atoms with Crippen LogP contribution in [-0.4, -0.2) is 44.3 Å². The van der Waals surface area contributed by atoms with Crippen LogP contribution in [0.15, 0.2) is 18.5 Å². The highest BCUT2D eigenvalue weighted by Crippen LogP contribution is 2.45. The van der Waals surface area contributed by atoms with Crippen molar-refractivity contribution in [3.8, 4) is 0 Å². The summed E-state index contributed by atoms with van der Waals surface area (Å²) in [6.45, 7) is 5.55. The van der Waals surface area contributed by atoms with Gasteiger partial charge in [0.2, 0.25) is 5.92 Å². The number of aromatic nitrogens is 3. The van der Waals surface area contributed by atoms with Gasteiger partial charge in [0.1, 0.15) is 6.61 Å². The van der Waals surface area contributed by atoms with Gasteiger partial charge in [-0.2, -0.15) is 5.10 Å². The van der Waals surface area contributed by atoms with Crippen molar-refractivity contribution in [3.05, 3.63) is 29.7 Å². The number of imidazole rings is 1. The molecule has 4 rings (SSSR count). The summed E-state index contributed by atoms with van der Waals surface area (Å²) in [7, 11) is 0. The molecule has 31 heavy (non-hydrogen) atoms. The first kappa shape index (κ1) is 21.9. The molecule has 2 aromatic rings. The Balaban J connectivity index is 1.58. The third-order valence-electron chi connectivity index (χ3n) is 6.26. The summed E-state index contributed by atoms with van der Waals surface area (Å²) < 4.78 is 35.0. The molecule has 2 heterocycles. The first-order valence-electron chi connectivity index (χ1n) is 10.8. The zero-order valence-corrected chi connectivity index (χ0v) is 18.4. The van der Waals surface area contributed by atoms with Crippen molar-refractivity contribution in [2.45, 2.75) is 88.1 Å². The fourth-order valence-corrected chi connectivity index (χ4v) is 4.13. The molecule has 0 aromatic carbocycles. The van der Waals surface area contributed by atoms with E-state index >= 15 is 0 Å². The topological polar surface area (TPSA) is 94.5 Å². The van der Waals surface area contributed by atoms with Crippen LogP contribution in [0.1, 0.15) is 70.6 Å². The monoisotopic (exact) mass is 435 g/mol. The number of nitrogens with one attached hydrogen (secondary N) is 1. The van der Waals surface area contributed by atoms with Crippen molar-refractivity contribution in [2.75, 3.05) is 6.61 Å². The standard InChI is InChI=1S/C22H31F2N5O2/c1-19(2,3)28-18(30)31-14-20(4-8-22(23,24)9-5-20)16-13-29-17(27-16)10-15(12-26-29)11-21(25)6-7-21/h10,12-13H,4-9,11,14,25H2,1-3H3,(H,28,30). The predicted octanol–water partition coefficient (Wildman–Crippen LogP) is 3.73. The Morgan fingerprint density at radius 2 is 1.90 bits per heavy atom. The van der Waals surface area contributed by atoms with E-state index in [1.807, 2.05) is 26.8 Å².